The monoisotopic (exact) mass is 261 g/mol. The van der Waals surface area contributed by atoms with Gasteiger partial charge >= 0.3 is 18.1 Å². The third-order valence-electron chi connectivity index (χ3n) is 2.13. The Morgan fingerprint density at radius 3 is 2.44 bits per heavy atom. The van der Waals surface area contributed by atoms with Gasteiger partial charge in [0.05, 0.1) is 12.7 Å². The zero-order valence-corrected chi connectivity index (χ0v) is 9.38. The van der Waals surface area contributed by atoms with Crippen molar-refractivity contribution in [3.8, 4) is 0 Å². The lowest BCUT2D eigenvalue weighted by molar-refractivity contribution is -0.152. The minimum Gasteiger partial charge on any atom is -0.462 e. The van der Waals surface area contributed by atoms with Crippen LogP contribution in [0.15, 0.2) is 24.3 Å². The Labute approximate surface area is 101 Å². The number of hydrogen-bond donors (Lipinski definition) is 1. The van der Waals surface area contributed by atoms with Gasteiger partial charge in [0.1, 0.15) is 0 Å². The van der Waals surface area contributed by atoms with E-state index in [0.717, 1.165) is 13.2 Å². The van der Waals surface area contributed by atoms with Crippen molar-refractivity contribution in [1.29, 1.82) is 0 Å². The Kier molecular flexibility index (Phi) is 4.30. The van der Waals surface area contributed by atoms with E-state index in [1.54, 1.807) is 0 Å². The number of esters is 1. The second kappa shape index (κ2) is 5.52. The summed E-state index contributed by atoms with van der Waals surface area (Å²) < 4.78 is 41.9. The SMILES string of the molecule is COC(=O)C(=O)NCc1ccccc1C(F)(F)F. The molecule has 0 aliphatic carbocycles. The molecule has 0 saturated heterocycles. The molecule has 1 aromatic carbocycles. The molecular formula is C11H10F3NO3. The van der Waals surface area contributed by atoms with Crippen LogP contribution in [0.1, 0.15) is 11.1 Å². The molecule has 0 aromatic heterocycles. The van der Waals surface area contributed by atoms with Crippen molar-refractivity contribution in [3.05, 3.63) is 35.4 Å². The van der Waals surface area contributed by atoms with E-state index in [2.05, 4.69) is 4.74 Å². The Balaban J connectivity index is 2.80. The second-order valence-electron chi connectivity index (χ2n) is 3.33. The third-order valence-corrected chi connectivity index (χ3v) is 2.13. The standard InChI is InChI=1S/C11H10F3NO3/c1-18-10(17)9(16)15-6-7-4-2-3-5-8(7)11(12,13)14/h2-5H,6H2,1H3,(H,15,16). The number of carbonyl (C=O) groups excluding carboxylic acids is 2. The normalized spacial score (nSPS) is 10.9. The fourth-order valence-electron chi connectivity index (χ4n) is 1.29. The zero-order valence-electron chi connectivity index (χ0n) is 9.38. The van der Waals surface area contributed by atoms with E-state index in [-0.39, 0.29) is 5.56 Å². The van der Waals surface area contributed by atoms with Crippen molar-refractivity contribution in [3.63, 3.8) is 0 Å². The summed E-state index contributed by atoms with van der Waals surface area (Å²) in [4.78, 5) is 21.8. The molecule has 98 valence electrons. The van der Waals surface area contributed by atoms with E-state index in [1.165, 1.54) is 18.2 Å². The quantitative estimate of drug-likeness (QED) is 0.648. The van der Waals surface area contributed by atoms with Gasteiger partial charge in [-0.15, -0.1) is 0 Å². The highest BCUT2D eigenvalue weighted by Gasteiger charge is 2.32. The topological polar surface area (TPSA) is 55.4 Å². The molecule has 0 bridgehead atoms. The van der Waals surface area contributed by atoms with Gasteiger partial charge in [0.2, 0.25) is 0 Å². The van der Waals surface area contributed by atoms with Crippen LogP contribution in [-0.4, -0.2) is 19.0 Å². The number of rotatable bonds is 2. The van der Waals surface area contributed by atoms with Crippen LogP contribution in [0.2, 0.25) is 0 Å². The predicted molar refractivity (Wildman–Crippen MR) is 55.3 cm³/mol. The molecule has 0 atom stereocenters. The number of nitrogens with one attached hydrogen (secondary N) is 1. The third kappa shape index (κ3) is 3.47. The molecule has 1 aromatic rings. The van der Waals surface area contributed by atoms with Gasteiger partial charge in [0.15, 0.2) is 0 Å². The Morgan fingerprint density at radius 2 is 1.89 bits per heavy atom. The molecule has 0 saturated carbocycles. The molecular weight excluding hydrogens is 251 g/mol. The van der Waals surface area contributed by atoms with Crippen molar-refractivity contribution in [1.82, 2.24) is 5.32 Å². The maximum absolute atomic E-state index is 12.6. The number of alkyl halides is 3. The summed E-state index contributed by atoms with van der Waals surface area (Å²) in [7, 11) is 1.01. The number of halogens is 3. The minimum atomic E-state index is -4.51. The van der Waals surface area contributed by atoms with E-state index in [9.17, 15) is 22.8 Å². The summed E-state index contributed by atoms with van der Waals surface area (Å²) in [6.45, 7) is -0.399. The molecule has 0 spiro atoms. The first kappa shape index (κ1) is 14.0. The summed E-state index contributed by atoms with van der Waals surface area (Å²) in [6, 6.07) is 4.78. The van der Waals surface area contributed by atoms with E-state index in [4.69, 9.17) is 0 Å². The highest BCUT2D eigenvalue weighted by molar-refractivity contribution is 6.32. The van der Waals surface area contributed by atoms with E-state index >= 15 is 0 Å². The number of methoxy groups -OCH3 is 1. The van der Waals surface area contributed by atoms with Crippen LogP contribution in [0.4, 0.5) is 13.2 Å². The van der Waals surface area contributed by atoms with Crippen molar-refractivity contribution in [2.24, 2.45) is 0 Å². The summed E-state index contributed by atoms with van der Waals surface area (Å²) in [6.07, 6.45) is -4.51. The summed E-state index contributed by atoms with van der Waals surface area (Å²) in [5.74, 6) is -2.24. The number of ether oxygens (including phenoxy) is 1. The van der Waals surface area contributed by atoms with Gasteiger partial charge in [-0.2, -0.15) is 13.2 Å². The first-order valence-electron chi connectivity index (χ1n) is 4.87. The van der Waals surface area contributed by atoms with Gasteiger partial charge in [0.25, 0.3) is 0 Å². The number of benzene rings is 1. The van der Waals surface area contributed by atoms with Crippen LogP contribution in [0.25, 0.3) is 0 Å². The molecule has 0 fully saturated rings. The molecule has 0 heterocycles. The Bertz CT molecular complexity index is 457. The maximum atomic E-state index is 12.6. The molecule has 0 unspecified atom stereocenters. The molecule has 4 nitrogen and oxygen atoms in total. The van der Waals surface area contributed by atoms with Crippen molar-refractivity contribution in [2.75, 3.05) is 7.11 Å². The lowest BCUT2D eigenvalue weighted by Gasteiger charge is -2.12. The average molecular weight is 261 g/mol. The lowest BCUT2D eigenvalue weighted by atomic mass is 10.1. The fourth-order valence-corrected chi connectivity index (χ4v) is 1.29. The summed E-state index contributed by atoms with van der Waals surface area (Å²) in [5.41, 5.74) is -0.975. The van der Waals surface area contributed by atoms with Gasteiger partial charge in [-0.05, 0) is 11.6 Å². The van der Waals surface area contributed by atoms with E-state index in [0.29, 0.717) is 0 Å². The first-order chi connectivity index (χ1) is 8.36. The number of hydrogen-bond acceptors (Lipinski definition) is 3. The molecule has 7 heteroatoms. The molecule has 0 aliphatic heterocycles. The fraction of sp³-hybridized carbons (Fsp3) is 0.273. The molecule has 1 N–H and O–H groups in total. The smallest absolute Gasteiger partial charge is 0.416 e. The molecule has 0 aliphatic rings. The first-order valence-corrected chi connectivity index (χ1v) is 4.87. The second-order valence-corrected chi connectivity index (χ2v) is 3.33. The lowest BCUT2D eigenvalue weighted by Crippen LogP contribution is -2.32. The van der Waals surface area contributed by atoms with Gasteiger partial charge in [-0.3, -0.25) is 4.79 Å². The van der Waals surface area contributed by atoms with Crippen molar-refractivity contribution >= 4 is 11.9 Å². The Morgan fingerprint density at radius 1 is 1.28 bits per heavy atom. The van der Waals surface area contributed by atoms with E-state index < -0.39 is 30.2 Å². The van der Waals surface area contributed by atoms with Crippen LogP contribution < -0.4 is 5.32 Å². The van der Waals surface area contributed by atoms with Crippen LogP contribution in [-0.2, 0) is 27.0 Å². The van der Waals surface area contributed by atoms with Crippen LogP contribution >= 0.6 is 0 Å². The summed E-state index contributed by atoms with van der Waals surface area (Å²) >= 11 is 0. The van der Waals surface area contributed by atoms with Crippen molar-refractivity contribution < 1.29 is 27.5 Å². The highest BCUT2D eigenvalue weighted by Crippen LogP contribution is 2.31. The van der Waals surface area contributed by atoms with Crippen LogP contribution in [0.3, 0.4) is 0 Å². The maximum Gasteiger partial charge on any atom is 0.416 e. The molecule has 1 amide bonds. The van der Waals surface area contributed by atoms with Crippen LogP contribution in [0.5, 0.6) is 0 Å². The highest BCUT2D eigenvalue weighted by atomic mass is 19.4. The van der Waals surface area contributed by atoms with Crippen molar-refractivity contribution in [2.45, 2.75) is 12.7 Å². The van der Waals surface area contributed by atoms with Gasteiger partial charge in [-0.25, -0.2) is 4.79 Å². The van der Waals surface area contributed by atoms with Gasteiger partial charge in [0, 0.05) is 6.54 Å². The minimum absolute atomic E-state index is 0.123. The summed E-state index contributed by atoms with van der Waals surface area (Å²) in [5, 5.41) is 2.05. The Hall–Kier alpha value is -2.05. The van der Waals surface area contributed by atoms with Gasteiger partial charge in [-0.1, -0.05) is 18.2 Å². The molecule has 0 radical (unpaired) electrons. The molecule has 18 heavy (non-hydrogen) atoms. The number of carbonyl (C=O) groups is 2. The number of amides is 1. The average Bonchev–Trinajstić information content (AvgIpc) is 2.34. The molecule has 1 rings (SSSR count). The van der Waals surface area contributed by atoms with E-state index in [1.807, 2.05) is 5.32 Å². The largest absolute Gasteiger partial charge is 0.462 e. The van der Waals surface area contributed by atoms with Crippen LogP contribution in [0, 0.1) is 0 Å². The zero-order chi connectivity index (χ0) is 13.8. The predicted octanol–water partition coefficient (Wildman–Crippen LogP) is 1.49. The van der Waals surface area contributed by atoms with Gasteiger partial charge < -0.3 is 10.1 Å².